The van der Waals surface area contributed by atoms with Crippen molar-refractivity contribution in [2.45, 2.75) is 241 Å². The van der Waals surface area contributed by atoms with Gasteiger partial charge in [-0.25, -0.2) is 0 Å². The van der Waals surface area contributed by atoms with Gasteiger partial charge in [0.1, 0.15) is 79.4 Å². The molecule has 10 fully saturated rings. The van der Waals surface area contributed by atoms with Crippen LogP contribution in [-0.2, 0) is 47.4 Å². The van der Waals surface area contributed by atoms with Gasteiger partial charge in [-0.05, 0) is 100 Å². The predicted octanol–water partition coefficient (Wildman–Crippen LogP) is -0.542. The minimum atomic E-state index is -1.87. The van der Waals surface area contributed by atoms with Crippen molar-refractivity contribution in [1.82, 2.24) is 0 Å². The molecular formula is C52H84O21. The van der Waals surface area contributed by atoms with Gasteiger partial charge in [0.25, 0.3) is 0 Å². The Bertz CT molecular complexity index is 2010. The molecule has 2 spiro atoms. The quantitative estimate of drug-likeness (QED) is 0.0967. The average Bonchev–Trinajstić information content (AvgIpc) is 3.85. The van der Waals surface area contributed by atoms with E-state index in [-0.39, 0.29) is 46.7 Å². The number of aliphatic hydroxyl groups is 11. The van der Waals surface area contributed by atoms with E-state index in [9.17, 15) is 56.2 Å². The van der Waals surface area contributed by atoms with E-state index < -0.39 is 147 Å². The molecule has 29 atom stereocenters. The molecule has 418 valence electrons. The third-order valence-electron chi connectivity index (χ3n) is 20.4. The van der Waals surface area contributed by atoms with Gasteiger partial charge >= 0.3 is 0 Å². The minimum absolute atomic E-state index is 0.108. The number of fused-ring (bicyclic) bond motifs is 4. The first-order valence-corrected chi connectivity index (χ1v) is 26.8. The summed E-state index contributed by atoms with van der Waals surface area (Å²) in [6, 6.07) is 0. The van der Waals surface area contributed by atoms with Crippen molar-refractivity contribution in [1.29, 1.82) is 0 Å². The molecule has 0 aromatic heterocycles. The number of hydrogen-bond acceptors (Lipinski definition) is 21. The van der Waals surface area contributed by atoms with Crippen molar-refractivity contribution in [3.8, 4) is 0 Å². The van der Waals surface area contributed by atoms with E-state index in [1.165, 1.54) is 6.92 Å². The summed E-state index contributed by atoms with van der Waals surface area (Å²) in [6.45, 7) is 15.9. The van der Waals surface area contributed by atoms with E-state index in [4.69, 9.17) is 47.4 Å². The zero-order valence-corrected chi connectivity index (χ0v) is 43.4. The molecule has 6 aliphatic heterocycles. The number of hydrogen-bond donors (Lipinski definition) is 11. The Labute approximate surface area is 426 Å². The Hall–Kier alpha value is -1.10. The van der Waals surface area contributed by atoms with Gasteiger partial charge in [-0.3, -0.25) is 0 Å². The minimum Gasteiger partial charge on any atom is -0.394 e. The third-order valence-corrected chi connectivity index (χ3v) is 20.4. The molecule has 10 aliphatic rings. The van der Waals surface area contributed by atoms with Crippen molar-refractivity contribution in [2.24, 2.45) is 45.3 Å². The van der Waals surface area contributed by atoms with Crippen LogP contribution in [0.25, 0.3) is 0 Å². The lowest BCUT2D eigenvalue weighted by atomic mass is 9.35. The first kappa shape index (κ1) is 55.2. The molecule has 73 heavy (non-hydrogen) atoms. The Morgan fingerprint density at radius 3 is 2.03 bits per heavy atom. The summed E-state index contributed by atoms with van der Waals surface area (Å²) in [4.78, 5) is 0. The van der Waals surface area contributed by atoms with Crippen LogP contribution in [0, 0.1) is 45.3 Å². The van der Waals surface area contributed by atoms with E-state index >= 15 is 0 Å². The molecule has 6 saturated heterocycles. The largest absolute Gasteiger partial charge is 0.394 e. The van der Waals surface area contributed by atoms with Crippen LogP contribution in [0.1, 0.15) is 107 Å². The second kappa shape index (κ2) is 19.6. The lowest BCUT2D eigenvalue weighted by molar-refractivity contribution is -0.399. The fraction of sp³-hybridized carbons (Fsp3) is 0.962. The van der Waals surface area contributed by atoms with Crippen molar-refractivity contribution in [2.75, 3.05) is 26.4 Å². The summed E-state index contributed by atoms with van der Waals surface area (Å²) in [7, 11) is 0. The fourth-order valence-corrected chi connectivity index (χ4v) is 16.9. The standard InChI is InChI=1S/C52H84O21/c1-22(2)15-24-16-50(8,63)42-25-9-10-30-48(6)13-12-31(47(4,5)29(48)11-14-49(30,7)51(25)20-52(42,73-24)66-21-51)69-45-41(72-44-38(62)35(59)32(56)23(3)67-44)39(27(55)19-65-45)70-46-40(36(60)34(58)28(17-53)68-46)71-43-37(61)33(57)26(54)18-64-43/h15,23-46,53-63H,9-14,16-21H2,1-8H3/t23-,24+,25+,26+,27-,28+,29+,30-,31-,32+,33-,34+,35+,36-,37+,38+,39-,40+,41+,42+,43-,44-,45-,46-,48-,49-,50-,51-,52-/m0/s1. The van der Waals surface area contributed by atoms with Gasteiger partial charge < -0.3 is 104 Å². The van der Waals surface area contributed by atoms with E-state index in [0.717, 1.165) is 44.1 Å². The predicted molar refractivity (Wildman–Crippen MR) is 250 cm³/mol. The molecule has 0 aromatic carbocycles. The van der Waals surface area contributed by atoms with Crippen molar-refractivity contribution in [3.05, 3.63) is 11.6 Å². The highest BCUT2D eigenvalue weighted by atomic mass is 16.8. The third kappa shape index (κ3) is 8.77. The number of aliphatic hydroxyl groups excluding tert-OH is 10. The summed E-state index contributed by atoms with van der Waals surface area (Å²) < 4.78 is 63.4. The second-order valence-electron chi connectivity index (χ2n) is 25.3. The van der Waals surface area contributed by atoms with E-state index in [1.807, 2.05) is 6.92 Å². The Balaban J connectivity index is 0.919. The molecule has 6 heterocycles. The first-order valence-electron chi connectivity index (χ1n) is 26.8. The molecule has 4 aliphatic carbocycles. The molecule has 0 amide bonds. The zero-order chi connectivity index (χ0) is 52.7. The van der Waals surface area contributed by atoms with Crippen LogP contribution in [-0.4, -0.2) is 217 Å². The van der Waals surface area contributed by atoms with Crippen molar-refractivity contribution >= 4 is 0 Å². The number of allylic oxidation sites excluding steroid dienone is 1. The normalized spacial score (nSPS) is 57.5. The van der Waals surface area contributed by atoms with Crippen LogP contribution in [0.15, 0.2) is 11.6 Å². The molecule has 0 aromatic rings. The maximum absolute atomic E-state index is 12.3. The molecule has 2 bridgehead atoms. The summed E-state index contributed by atoms with van der Waals surface area (Å²) in [5.41, 5.74) is -0.717. The molecule has 11 N–H and O–H groups in total. The van der Waals surface area contributed by atoms with Gasteiger partial charge in [-0.1, -0.05) is 39.3 Å². The fourth-order valence-electron chi connectivity index (χ4n) is 16.9. The first-order chi connectivity index (χ1) is 34.2. The van der Waals surface area contributed by atoms with Gasteiger partial charge in [-0.2, -0.15) is 0 Å². The zero-order valence-electron chi connectivity index (χ0n) is 43.4. The summed E-state index contributed by atoms with van der Waals surface area (Å²) in [6.07, 6.45) is -20.8. The lowest BCUT2D eigenvalue weighted by Crippen LogP contribution is -2.68. The molecular weight excluding hydrogens is 961 g/mol. The Morgan fingerprint density at radius 1 is 0.644 bits per heavy atom. The highest BCUT2D eigenvalue weighted by Gasteiger charge is 2.81. The van der Waals surface area contributed by atoms with Gasteiger partial charge in [0.15, 0.2) is 30.9 Å². The molecule has 0 unspecified atom stereocenters. The Morgan fingerprint density at radius 2 is 1.32 bits per heavy atom. The van der Waals surface area contributed by atoms with Gasteiger partial charge in [0, 0.05) is 24.2 Å². The average molecular weight is 1050 g/mol. The van der Waals surface area contributed by atoms with Crippen molar-refractivity contribution in [3.63, 3.8) is 0 Å². The SMILES string of the molecule is CC(C)=C[C@@H]1C[C@](C)(O)[C@H]2[C@H]3CC[C@H]4[C@@]5(C)CC[C@H](O[C@@H]6OC[C@H](O)[C@H](O[C@@H]7O[C@H](CO)[C@@H](O)[C@H](O)[C@H]7O[C@@H]7OC[C@@H](O)[C@H](O)[C@H]7O)[C@H]6O[C@@H]6O[C@@H](C)[C@@H](O)[C@@H](O)[C@H]6O)C(C)(C)[C@H]5CC[C@]4(C)[C@@]34CO[C@@]2(C4)O1. The molecule has 21 heteroatoms. The summed E-state index contributed by atoms with van der Waals surface area (Å²) in [5.74, 6) is -0.230. The lowest BCUT2D eigenvalue weighted by Gasteiger charge is -2.70. The van der Waals surface area contributed by atoms with Crippen LogP contribution >= 0.6 is 0 Å². The van der Waals surface area contributed by atoms with E-state index in [0.29, 0.717) is 25.4 Å². The van der Waals surface area contributed by atoms with Gasteiger partial charge in [0.05, 0.1) is 50.3 Å². The van der Waals surface area contributed by atoms with Crippen LogP contribution in [0.5, 0.6) is 0 Å². The van der Waals surface area contributed by atoms with E-state index in [1.54, 1.807) is 0 Å². The smallest absolute Gasteiger partial charge is 0.187 e. The molecule has 10 rings (SSSR count). The highest BCUT2D eigenvalue weighted by molar-refractivity contribution is 5.27. The van der Waals surface area contributed by atoms with Crippen LogP contribution in [0.4, 0.5) is 0 Å². The molecule has 0 radical (unpaired) electrons. The number of ether oxygens (including phenoxy) is 10. The van der Waals surface area contributed by atoms with Crippen molar-refractivity contribution < 1.29 is 104 Å². The Kier molecular flexibility index (Phi) is 14.8. The van der Waals surface area contributed by atoms with E-state index in [2.05, 4.69) is 47.6 Å². The van der Waals surface area contributed by atoms with Crippen LogP contribution in [0.3, 0.4) is 0 Å². The molecule has 4 saturated carbocycles. The summed E-state index contributed by atoms with van der Waals surface area (Å²) in [5, 5.41) is 121. The van der Waals surface area contributed by atoms with Crippen LogP contribution in [0.2, 0.25) is 0 Å². The highest BCUT2D eigenvalue weighted by Crippen LogP contribution is 2.80. The topological polar surface area (TPSA) is 315 Å². The number of rotatable bonds is 10. The van der Waals surface area contributed by atoms with Crippen LogP contribution < -0.4 is 0 Å². The molecule has 21 nitrogen and oxygen atoms in total. The summed E-state index contributed by atoms with van der Waals surface area (Å²) >= 11 is 0. The second-order valence-corrected chi connectivity index (χ2v) is 25.3. The van der Waals surface area contributed by atoms with Gasteiger partial charge in [-0.15, -0.1) is 0 Å². The monoisotopic (exact) mass is 1040 g/mol. The maximum Gasteiger partial charge on any atom is 0.187 e. The van der Waals surface area contributed by atoms with Gasteiger partial charge in [0.2, 0.25) is 0 Å². The maximum atomic E-state index is 12.3.